The van der Waals surface area contributed by atoms with Crippen LogP contribution in [0.2, 0.25) is 0 Å². The third-order valence-electron chi connectivity index (χ3n) is 2.78. The van der Waals surface area contributed by atoms with Crippen LogP contribution in [0.5, 0.6) is 11.5 Å². The Morgan fingerprint density at radius 1 is 1.20 bits per heavy atom. The maximum Gasteiger partial charge on any atom is 0.219 e. The van der Waals surface area contributed by atoms with Gasteiger partial charge in [0.15, 0.2) is 11.6 Å². The third-order valence-corrected chi connectivity index (χ3v) is 2.78. The number of carbonyl (C=O) groups is 1. The maximum absolute atomic E-state index is 13.7. The van der Waals surface area contributed by atoms with Gasteiger partial charge in [-0.05, 0) is 29.8 Å². The molecular formula is C15H15FN2O2. The van der Waals surface area contributed by atoms with Gasteiger partial charge in [0.1, 0.15) is 5.75 Å². The topological polar surface area (TPSA) is 78.3 Å². The molecule has 5 heteroatoms. The van der Waals surface area contributed by atoms with Crippen LogP contribution in [0.25, 0.3) is 0 Å². The SMILES string of the molecule is NC(=O)CC(N)c1ccc(F)c(Oc2ccccc2)c1. The molecule has 104 valence electrons. The predicted octanol–water partition coefficient (Wildman–Crippen LogP) is 2.49. The molecule has 2 rings (SSSR count). The highest BCUT2D eigenvalue weighted by Gasteiger charge is 2.13. The first-order chi connectivity index (χ1) is 9.56. The summed E-state index contributed by atoms with van der Waals surface area (Å²) in [5.74, 6) is -0.420. The van der Waals surface area contributed by atoms with Crippen molar-refractivity contribution in [2.75, 3.05) is 0 Å². The molecule has 0 saturated carbocycles. The van der Waals surface area contributed by atoms with Crippen molar-refractivity contribution in [1.29, 1.82) is 0 Å². The predicted molar refractivity (Wildman–Crippen MR) is 73.7 cm³/mol. The molecule has 4 N–H and O–H groups in total. The van der Waals surface area contributed by atoms with Crippen LogP contribution in [0, 0.1) is 5.82 Å². The van der Waals surface area contributed by atoms with Crippen LogP contribution >= 0.6 is 0 Å². The quantitative estimate of drug-likeness (QED) is 0.879. The van der Waals surface area contributed by atoms with Gasteiger partial charge in [-0.3, -0.25) is 4.79 Å². The molecule has 1 atom stereocenters. The fourth-order valence-corrected chi connectivity index (χ4v) is 1.78. The van der Waals surface area contributed by atoms with Gasteiger partial charge >= 0.3 is 0 Å². The molecule has 0 heterocycles. The van der Waals surface area contributed by atoms with Crippen molar-refractivity contribution in [3.63, 3.8) is 0 Å². The summed E-state index contributed by atoms with van der Waals surface area (Å²) in [6.07, 6.45) is -0.00356. The van der Waals surface area contributed by atoms with E-state index in [2.05, 4.69) is 0 Å². The zero-order chi connectivity index (χ0) is 14.5. The standard InChI is InChI=1S/C15H15FN2O2/c16-12-7-6-10(13(17)9-15(18)19)8-14(12)20-11-4-2-1-3-5-11/h1-8,13H,9,17H2,(H2,18,19). The lowest BCUT2D eigenvalue weighted by Crippen LogP contribution is -2.20. The van der Waals surface area contributed by atoms with E-state index in [0.717, 1.165) is 0 Å². The summed E-state index contributed by atoms with van der Waals surface area (Å²) in [7, 11) is 0. The molecule has 0 radical (unpaired) electrons. The first-order valence-corrected chi connectivity index (χ1v) is 6.12. The number of para-hydroxylation sites is 1. The zero-order valence-electron chi connectivity index (χ0n) is 10.8. The number of hydrogen-bond donors (Lipinski definition) is 2. The lowest BCUT2D eigenvalue weighted by molar-refractivity contribution is -0.118. The molecule has 0 aliphatic rings. The van der Waals surface area contributed by atoms with Gasteiger partial charge < -0.3 is 16.2 Å². The fraction of sp³-hybridized carbons (Fsp3) is 0.133. The van der Waals surface area contributed by atoms with Crippen molar-refractivity contribution in [2.45, 2.75) is 12.5 Å². The maximum atomic E-state index is 13.7. The number of amides is 1. The third kappa shape index (κ3) is 3.55. The molecule has 0 spiro atoms. The lowest BCUT2D eigenvalue weighted by atomic mass is 10.0. The highest BCUT2D eigenvalue weighted by Crippen LogP contribution is 2.27. The monoisotopic (exact) mass is 274 g/mol. The number of nitrogens with two attached hydrogens (primary N) is 2. The van der Waals surface area contributed by atoms with Crippen LogP contribution in [0.15, 0.2) is 48.5 Å². The molecule has 1 unspecified atom stereocenters. The normalized spacial score (nSPS) is 11.9. The zero-order valence-corrected chi connectivity index (χ0v) is 10.8. The van der Waals surface area contributed by atoms with E-state index < -0.39 is 17.8 Å². The summed E-state index contributed by atoms with van der Waals surface area (Å²) >= 11 is 0. The second-order valence-corrected chi connectivity index (χ2v) is 4.38. The van der Waals surface area contributed by atoms with Crippen molar-refractivity contribution >= 4 is 5.91 Å². The van der Waals surface area contributed by atoms with E-state index in [-0.39, 0.29) is 12.2 Å². The Kier molecular flexibility index (Phi) is 4.32. The van der Waals surface area contributed by atoms with Crippen LogP contribution in [0.3, 0.4) is 0 Å². The molecule has 0 aromatic heterocycles. The molecule has 1 amide bonds. The Morgan fingerprint density at radius 3 is 2.55 bits per heavy atom. The molecule has 0 aliphatic carbocycles. The van der Waals surface area contributed by atoms with Gasteiger partial charge in [0, 0.05) is 12.5 Å². The van der Waals surface area contributed by atoms with Crippen molar-refractivity contribution in [3.8, 4) is 11.5 Å². The average molecular weight is 274 g/mol. The first kappa shape index (κ1) is 14.0. The molecule has 2 aromatic rings. The molecule has 2 aromatic carbocycles. The number of hydrogen-bond acceptors (Lipinski definition) is 3. The smallest absolute Gasteiger partial charge is 0.219 e. The van der Waals surface area contributed by atoms with Crippen LogP contribution < -0.4 is 16.2 Å². The highest BCUT2D eigenvalue weighted by molar-refractivity contribution is 5.74. The second kappa shape index (κ2) is 6.16. The second-order valence-electron chi connectivity index (χ2n) is 4.38. The summed E-state index contributed by atoms with van der Waals surface area (Å²) in [4.78, 5) is 10.9. The van der Waals surface area contributed by atoms with Crippen molar-refractivity contribution in [3.05, 3.63) is 59.9 Å². The van der Waals surface area contributed by atoms with Gasteiger partial charge in [0.05, 0.1) is 0 Å². The molecule has 0 saturated heterocycles. The van der Waals surface area contributed by atoms with Crippen LogP contribution in [0.4, 0.5) is 4.39 Å². The molecule has 0 fully saturated rings. The molecule has 0 aliphatic heterocycles. The minimum absolute atomic E-state index is 0.00356. The highest BCUT2D eigenvalue weighted by atomic mass is 19.1. The van der Waals surface area contributed by atoms with E-state index >= 15 is 0 Å². The summed E-state index contributed by atoms with van der Waals surface area (Å²) < 4.78 is 19.2. The lowest BCUT2D eigenvalue weighted by Gasteiger charge is -2.13. The van der Waals surface area contributed by atoms with Crippen molar-refractivity contribution < 1.29 is 13.9 Å². The Balaban J connectivity index is 2.23. The van der Waals surface area contributed by atoms with E-state index in [4.69, 9.17) is 16.2 Å². The van der Waals surface area contributed by atoms with Crippen LogP contribution in [-0.2, 0) is 4.79 Å². The number of ether oxygens (including phenoxy) is 1. The first-order valence-electron chi connectivity index (χ1n) is 6.12. The minimum Gasteiger partial charge on any atom is -0.454 e. The van der Waals surface area contributed by atoms with Gasteiger partial charge in [-0.25, -0.2) is 4.39 Å². The minimum atomic E-state index is -0.578. The number of rotatable bonds is 5. The van der Waals surface area contributed by atoms with Crippen LogP contribution in [-0.4, -0.2) is 5.91 Å². The van der Waals surface area contributed by atoms with E-state index in [1.54, 1.807) is 24.3 Å². The summed E-state index contributed by atoms with van der Waals surface area (Å²) in [5.41, 5.74) is 11.5. The van der Waals surface area contributed by atoms with Crippen molar-refractivity contribution in [1.82, 2.24) is 0 Å². The Morgan fingerprint density at radius 2 is 1.90 bits per heavy atom. The molecule has 20 heavy (non-hydrogen) atoms. The largest absolute Gasteiger partial charge is 0.454 e. The molecule has 0 bridgehead atoms. The van der Waals surface area contributed by atoms with E-state index in [1.807, 2.05) is 6.07 Å². The van der Waals surface area contributed by atoms with E-state index in [1.165, 1.54) is 18.2 Å². The van der Waals surface area contributed by atoms with Crippen LogP contribution in [0.1, 0.15) is 18.0 Å². The fourth-order valence-electron chi connectivity index (χ4n) is 1.78. The van der Waals surface area contributed by atoms with E-state index in [9.17, 15) is 9.18 Å². The number of primary amides is 1. The number of carbonyl (C=O) groups excluding carboxylic acids is 1. The van der Waals surface area contributed by atoms with Gasteiger partial charge in [0.2, 0.25) is 5.91 Å². The Labute approximate surface area is 116 Å². The summed E-state index contributed by atoms with van der Waals surface area (Å²) in [6, 6.07) is 12.5. The molecular weight excluding hydrogens is 259 g/mol. The summed E-state index contributed by atoms with van der Waals surface area (Å²) in [5, 5.41) is 0. The van der Waals surface area contributed by atoms with Gasteiger partial charge in [0.25, 0.3) is 0 Å². The Hall–Kier alpha value is -2.40. The van der Waals surface area contributed by atoms with Gasteiger partial charge in [-0.2, -0.15) is 0 Å². The number of halogens is 1. The number of benzene rings is 2. The van der Waals surface area contributed by atoms with E-state index in [0.29, 0.717) is 11.3 Å². The average Bonchev–Trinajstić information content (AvgIpc) is 2.41. The summed E-state index contributed by atoms with van der Waals surface area (Å²) in [6.45, 7) is 0. The van der Waals surface area contributed by atoms with Crippen molar-refractivity contribution in [2.24, 2.45) is 11.5 Å². The molecule has 4 nitrogen and oxygen atoms in total. The Bertz CT molecular complexity index is 602. The van der Waals surface area contributed by atoms with Gasteiger partial charge in [-0.1, -0.05) is 24.3 Å². The van der Waals surface area contributed by atoms with Gasteiger partial charge in [-0.15, -0.1) is 0 Å².